The highest BCUT2D eigenvalue weighted by molar-refractivity contribution is 5.56. The highest BCUT2D eigenvalue weighted by Crippen LogP contribution is 2.39. The number of hydrogen-bond acceptors (Lipinski definition) is 2. The maximum absolute atomic E-state index is 13.4. The summed E-state index contributed by atoms with van der Waals surface area (Å²) in [5.41, 5.74) is 4.50. The van der Waals surface area contributed by atoms with Crippen molar-refractivity contribution < 1.29 is 9.50 Å². The summed E-state index contributed by atoms with van der Waals surface area (Å²) in [5, 5.41) is 9.80. The van der Waals surface area contributed by atoms with Crippen molar-refractivity contribution in [1.29, 1.82) is 0 Å². The van der Waals surface area contributed by atoms with Crippen molar-refractivity contribution in [3.63, 3.8) is 0 Å². The summed E-state index contributed by atoms with van der Waals surface area (Å²) >= 11 is 0. The molecule has 24 heavy (non-hydrogen) atoms. The van der Waals surface area contributed by atoms with Crippen LogP contribution in [0.2, 0.25) is 0 Å². The second-order valence-electron chi connectivity index (χ2n) is 6.12. The van der Waals surface area contributed by atoms with E-state index in [0.29, 0.717) is 5.75 Å². The fourth-order valence-corrected chi connectivity index (χ4v) is 3.52. The second kappa shape index (κ2) is 6.00. The van der Waals surface area contributed by atoms with Crippen LogP contribution < -0.4 is 4.90 Å². The Labute approximate surface area is 140 Å². The topological polar surface area (TPSA) is 23.5 Å². The number of aromatic hydroxyl groups is 1. The molecular formula is C21H18FNO. The van der Waals surface area contributed by atoms with E-state index in [0.717, 1.165) is 35.3 Å². The Morgan fingerprint density at radius 2 is 1.67 bits per heavy atom. The number of anilines is 1. The van der Waals surface area contributed by atoms with E-state index in [1.165, 1.54) is 12.1 Å². The first kappa shape index (κ1) is 14.8. The SMILES string of the molecule is Oc1ccc2c(c1)CCN(c1ccccc1)C2c1ccc(F)cc1. The summed E-state index contributed by atoms with van der Waals surface area (Å²) in [6, 6.07) is 22.5. The maximum Gasteiger partial charge on any atom is 0.123 e. The normalized spacial score (nSPS) is 16.7. The first-order valence-corrected chi connectivity index (χ1v) is 8.11. The largest absolute Gasteiger partial charge is 0.508 e. The van der Waals surface area contributed by atoms with Crippen molar-refractivity contribution in [2.75, 3.05) is 11.4 Å². The van der Waals surface area contributed by atoms with Gasteiger partial charge in [-0.25, -0.2) is 4.39 Å². The molecule has 1 heterocycles. The number of phenols is 1. The standard InChI is InChI=1S/C21H18FNO/c22-17-8-6-15(7-9-17)21-20-11-10-19(24)14-16(20)12-13-23(21)18-4-2-1-3-5-18/h1-11,14,21,24H,12-13H2. The summed E-state index contributed by atoms with van der Waals surface area (Å²) in [6.45, 7) is 0.850. The van der Waals surface area contributed by atoms with Crippen molar-refractivity contribution >= 4 is 5.69 Å². The van der Waals surface area contributed by atoms with Crippen molar-refractivity contribution in [3.05, 3.63) is 95.3 Å². The van der Waals surface area contributed by atoms with E-state index in [9.17, 15) is 9.50 Å². The lowest BCUT2D eigenvalue weighted by molar-refractivity contribution is 0.473. The molecule has 3 heteroatoms. The molecule has 3 aromatic rings. The van der Waals surface area contributed by atoms with Crippen LogP contribution in [0.15, 0.2) is 72.8 Å². The van der Waals surface area contributed by atoms with Crippen molar-refractivity contribution in [2.24, 2.45) is 0 Å². The minimum absolute atomic E-state index is 0.0114. The number of halogens is 1. The molecule has 0 radical (unpaired) electrons. The number of nitrogens with zero attached hydrogens (tertiary/aromatic N) is 1. The van der Waals surface area contributed by atoms with Crippen LogP contribution in [-0.2, 0) is 6.42 Å². The van der Waals surface area contributed by atoms with Gasteiger partial charge in [-0.2, -0.15) is 0 Å². The highest BCUT2D eigenvalue weighted by Gasteiger charge is 2.29. The molecule has 1 atom stereocenters. The molecule has 0 fully saturated rings. The van der Waals surface area contributed by atoms with Crippen LogP contribution >= 0.6 is 0 Å². The van der Waals surface area contributed by atoms with E-state index < -0.39 is 0 Å². The highest BCUT2D eigenvalue weighted by atomic mass is 19.1. The van der Waals surface area contributed by atoms with E-state index in [1.807, 2.05) is 42.5 Å². The van der Waals surface area contributed by atoms with Crippen LogP contribution in [0.25, 0.3) is 0 Å². The monoisotopic (exact) mass is 319 g/mol. The third-order valence-electron chi connectivity index (χ3n) is 4.63. The van der Waals surface area contributed by atoms with Gasteiger partial charge >= 0.3 is 0 Å². The summed E-state index contributed by atoms with van der Waals surface area (Å²) in [6.07, 6.45) is 0.871. The molecule has 0 spiro atoms. The van der Waals surface area contributed by atoms with Gasteiger partial charge in [0.1, 0.15) is 11.6 Å². The lowest BCUT2D eigenvalue weighted by atomic mass is 9.87. The van der Waals surface area contributed by atoms with Gasteiger partial charge in [-0.15, -0.1) is 0 Å². The quantitative estimate of drug-likeness (QED) is 0.741. The second-order valence-corrected chi connectivity index (χ2v) is 6.12. The lowest BCUT2D eigenvalue weighted by Crippen LogP contribution is -2.36. The number of rotatable bonds is 2. The van der Waals surface area contributed by atoms with E-state index in [4.69, 9.17) is 0 Å². The molecular weight excluding hydrogens is 301 g/mol. The molecule has 0 aliphatic carbocycles. The van der Waals surface area contributed by atoms with Crippen molar-refractivity contribution in [3.8, 4) is 5.75 Å². The predicted molar refractivity (Wildman–Crippen MR) is 93.8 cm³/mol. The lowest BCUT2D eigenvalue weighted by Gasteiger charge is -2.39. The molecule has 0 aromatic heterocycles. The fourth-order valence-electron chi connectivity index (χ4n) is 3.52. The molecule has 2 nitrogen and oxygen atoms in total. The van der Waals surface area contributed by atoms with Crippen molar-refractivity contribution in [1.82, 2.24) is 0 Å². The van der Waals surface area contributed by atoms with Crippen LogP contribution in [0.3, 0.4) is 0 Å². The molecule has 120 valence electrons. The summed E-state index contributed by atoms with van der Waals surface area (Å²) in [5.74, 6) is 0.0616. The van der Waals surface area contributed by atoms with Gasteiger partial charge in [0.15, 0.2) is 0 Å². The van der Waals surface area contributed by atoms with Gasteiger partial charge in [-0.3, -0.25) is 0 Å². The Hall–Kier alpha value is -2.81. The van der Waals surface area contributed by atoms with Gasteiger partial charge in [0.2, 0.25) is 0 Å². The molecule has 1 N–H and O–H groups in total. The van der Waals surface area contributed by atoms with Gasteiger partial charge < -0.3 is 10.0 Å². The summed E-state index contributed by atoms with van der Waals surface area (Å²) < 4.78 is 13.4. The molecule has 1 aliphatic rings. The van der Waals surface area contributed by atoms with Crippen LogP contribution in [-0.4, -0.2) is 11.7 Å². The molecule has 0 saturated carbocycles. The number of benzene rings is 3. The van der Waals surface area contributed by atoms with Crippen LogP contribution in [0.1, 0.15) is 22.7 Å². The smallest absolute Gasteiger partial charge is 0.123 e. The maximum atomic E-state index is 13.4. The first-order valence-electron chi connectivity index (χ1n) is 8.11. The molecule has 3 aromatic carbocycles. The van der Waals surface area contributed by atoms with Crippen LogP contribution in [0.4, 0.5) is 10.1 Å². The van der Waals surface area contributed by atoms with Gasteiger partial charge in [0.25, 0.3) is 0 Å². The third-order valence-corrected chi connectivity index (χ3v) is 4.63. The van der Waals surface area contributed by atoms with E-state index in [-0.39, 0.29) is 11.9 Å². The Balaban J connectivity index is 1.86. The van der Waals surface area contributed by atoms with Gasteiger partial charge in [0, 0.05) is 12.2 Å². The Bertz CT molecular complexity index is 845. The molecule has 4 rings (SSSR count). The van der Waals surface area contributed by atoms with Crippen LogP contribution in [0.5, 0.6) is 5.75 Å². The van der Waals surface area contributed by atoms with Gasteiger partial charge in [0.05, 0.1) is 6.04 Å². The minimum Gasteiger partial charge on any atom is -0.508 e. The Morgan fingerprint density at radius 3 is 2.42 bits per heavy atom. The Kier molecular flexibility index (Phi) is 3.69. The van der Waals surface area contributed by atoms with E-state index in [1.54, 1.807) is 6.07 Å². The van der Waals surface area contributed by atoms with Gasteiger partial charge in [-0.05, 0) is 59.5 Å². The molecule has 0 saturated heterocycles. The zero-order valence-electron chi connectivity index (χ0n) is 13.2. The molecule has 1 unspecified atom stereocenters. The van der Waals surface area contributed by atoms with Crippen LogP contribution in [0, 0.1) is 5.82 Å². The zero-order chi connectivity index (χ0) is 16.5. The van der Waals surface area contributed by atoms with E-state index in [2.05, 4.69) is 17.0 Å². The molecule has 1 aliphatic heterocycles. The average Bonchev–Trinajstić information content (AvgIpc) is 2.62. The Morgan fingerprint density at radius 1 is 0.917 bits per heavy atom. The number of hydrogen-bond donors (Lipinski definition) is 1. The first-order chi connectivity index (χ1) is 11.7. The number of para-hydroxylation sites is 1. The average molecular weight is 319 g/mol. The summed E-state index contributed by atoms with van der Waals surface area (Å²) in [7, 11) is 0. The fraction of sp³-hybridized carbons (Fsp3) is 0.143. The number of fused-ring (bicyclic) bond motifs is 1. The molecule has 0 bridgehead atoms. The zero-order valence-corrected chi connectivity index (χ0v) is 13.2. The van der Waals surface area contributed by atoms with E-state index >= 15 is 0 Å². The third kappa shape index (κ3) is 2.62. The van der Waals surface area contributed by atoms with Crippen molar-refractivity contribution in [2.45, 2.75) is 12.5 Å². The van der Waals surface area contributed by atoms with Gasteiger partial charge in [-0.1, -0.05) is 36.4 Å². The molecule has 0 amide bonds. The minimum atomic E-state index is -0.230. The summed E-state index contributed by atoms with van der Waals surface area (Å²) in [4.78, 5) is 2.34. The predicted octanol–water partition coefficient (Wildman–Crippen LogP) is 4.68. The number of phenolic OH excluding ortho intramolecular Hbond substituents is 1.